The van der Waals surface area contributed by atoms with Crippen molar-refractivity contribution in [3.63, 3.8) is 0 Å². The number of benzene rings is 2. The van der Waals surface area contributed by atoms with Crippen LogP contribution >= 0.6 is 0 Å². The maximum Gasteiger partial charge on any atom is 0.162 e. The van der Waals surface area contributed by atoms with E-state index in [-0.39, 0.29) is 6.10 Å². The number of anilines is 1. The molecule has 1 saturated heterocycles. The zero-order chi connectivity index (χ0) is 21.9. The first-order chi connectivity index (χ1) is 15.7. The Morgan fingerprint density at radius 1 is 0.781 bits per heavy atom. The number of nitrogens with zero attached hydrogens (tertiary/aromatic N) is 4. The summed E-state index contributed by atoms with van der Waals surface area (Å²) < 4.78 is 0. The van der Waals surface area contributed by atoms with Crippen molar-refractivity contribution >= 4 is 5.82 Å². The van der Waals surface area contributed by atoms with E-state index in [1.54, 1.807) is 0 Å². The third-order valence-electron chi connectivity index (χ3n) is 5.95. The minimum absolute atomic E-state index is 0.225. The molecule has 1 fully saturated rings. The van der Waals surface area contributed by atoms with Crippen LogP contribution in [0.4, 0.5) is 5.82 Å². The summed E-state index contributed by atoms with van der Waals surface area (Å²) in [5.41, 5.74) is 6.22. The minimum Gasteiger partial charge on any atom is -0.393 e. The second-order valence-corrected chi connectivity index (χ2v) is 8.35. The Kier molecular flexibility index (Phi) is 5.65. The normalized spacial score (nSPS) is 14.5. The standard InChI is InChI=1S/C27H26N4O/c1-19-7-9-20(10-8-19)22-15-23(18-28-17-22)25-16-26(31-13-11-24(32)12-14-31)30-27(29-25)21-5-3-2-4-6-21/h2-10,15-18,24,32H,11-14H2,1H3. The van der Waals surface area contributed by atoms with E-state index >= 15 is 0 Å². The molecule has 1 aliphatic heterocycles. The topological polar surface area (TPSA) is 62.1 Å². The molecule has 4 aromatic rings. The maximum atomic E-state index is 9.93. The van der Waals surface area contributed by atoms with Crippen molar-refractivity contribution in [3.05, 3.63) is 84.7 Å². The molecule has 0 atom stereocenters. The van der Waals surface area contributed by atoms with E-state index in [4.69, 9.17) is 9.97 Å². The third-order valence-corrected chi connectivity index (χ3v) is 5.95. The van der Waals surface area contributed by atoms with Gasteiger partial charge in [0.05, 0.1) is 11.8 Å². The molecule has 0 radical (unpaired) electrons. The van der Waals surface area contributed by atoms with Gasteiger partial charge < -0.3 is 10.0 Å². The van der Waals surface area contributed by atoms with Gasteiger partial charge in [-0.05, 0) is 31.4 Å². The Morgan fingerprint density at radius 3 is 2.25 bits per heavy atom. The molecule has 2 aromatic carbocycles. The van der Waals surface area contributed by atoms with Crippen molar-refractivity contribution in [2.45, 2.75) is 25.9 Å². The van der Waals surface area contributed by atoms with Gasteiger partial charge in [-0.1, -0.05) is 60.2 Å². The summed E-state index contributed by atoms with van der Waals surface area (Å²) in [6.45, 7) is 3.66. The molecule has 0 bridgehead atoms. The quantitative estimate of drug-likeness (QED) is 0.493. The monoisotopic (exact) mass is 422 g/mol. The fourth-order valence-corrected chi connectivity index (χ4v) is 4.04. The second-order valence-electron chi connectivity index (χ2n) is 8.35. The number of rotatable bonds is 4. The molecule has 5 nitrogen and oxygen atoms in total. The number of hydrogen-bond donors (Lipinski definition) is 1. The molecular formula is C27H26N4O. The Labute approximate surface area is 188 Å². The van der Waals surface area contributed by atoms with Gasteiger partial charge in [0, 0.05) is 48.2 Å². The van der Waals surface area contributed by atoms with Crippen molar-refractivity contribution in [2.75, 3.05) is 18.0 Å². The van der Waals surface area contributed by atoms with Gasteiger partial charge in [0.25, 0.3) is 0 Å². The first kappa shape index (κ1) is 20.3. The van der Waals surface area contributed by atoms with Gasteiger partial charge in [-0.25, -0.2) is 9.97 Å². The van der Waals surface area contributed by atoms with Crippen LogP contribution in [-0.4, -0.2) is 39.3 Å². The average Bonchev–Trinajstić information content (AvgIpc) is 2.85. The molecule has 0 saturated carbocycles. The summed E-state index contributed by atoms with van der Waals surface area (Å²) in [4.78, 5) is 16.5. The highest BCUT2D eigenvalue weighted by molar-refractivity contribution is 5.73. The number of piperidine rings is 1. The highest BCUT2D eigenvalue weighted by Crippen LogP contribution is 2.29. The van der Waals surface area contributed by atoms with Crippen LogP contribution in [0, 0.1) is 6.92 Å². The lowest BCUT2D eigenvalue weighted by Gasteiger charge is -2.30. The minimum atomic E-state index is -0.225. The van der Waals surface area contributed by atoms with Crippen LogP contribution in [0.15, 0.2) is 79.1 Å². The first-order valence-corrected chi connectivity index (χ1v) is 11.1. The van der Waals surface area contributed by atoms with Crippen LogP contribution < -0.4 is 4.90 Å². The van der Waals surface area contributed by atoms with Gasteiger partial charge in [0.1, 0.15) is 5.82 Å². The number of aliphatic hydroxyl groups excluding tert-OH is 1. The highest BCUT2D eigenvalue weighted by Gasteiger charge is 2.20. The van der Waals surface area contributed by atoms with Gasteiger partial charge in [-0.2, -0.15) is 0 Å². The van der Waals surface area contributed by atoms with Crippen molar-refractivity contribution in [3.8, 4) is 33.8 Å². The largest absolute Gasteiger partial charge is 0.393 e. The second kappa shape index (κ2) is 8.89. The number of aliphatic hydroxyl groups is 1. The lowest BCUT2D eigenvalue weighted by Crippen LogP contribution is -2.36. The molecule has 32 heavy (non-hydrogen) atoms. The number of aryl methyl sites for hydroxylation is 1. The summed E-state index contributed by atoms with van der Waals surface area (Å²) in [6, 6.07) is 22.7. The van der Waals surface area contributed by atoms with Crippen LogP contribution in [0.3, 0.4) is 0 Å². The Hall–Kier alpha value is -3.57. The van der Waals surface area contributed by atoms with E-state index in [0.29, 0.717) is 5.82 Å². The van der Waals surface area contributed by atoms with E-state index in [1.807, 2.05) is 48.8 Å². The van der Waals surface area contributed by atoms with Crippen molar-refractivity contribution in [1.82, 2.24) is 15.0 Å². The molecule has 0 aliphatic carbocycles. The molecule has 0 spiro atoms. The van der Waals surface area contributed by atoms with E-state index in [9.17, 15) is 5.11 Å². The molecule has 160 valence electrons. The van der Waals surface area contributed by atoms with Gasteiger partial charge in [-0.15, -0.1) is 0 Å². The highest BCUT2D eigenvalue weighted by atomic mass is 16.3. The molecule has 1 N–H and O–H groups in total. The van der Waals surface area contributed by atoms with Crippen molar-refractivity contribution in [2.24, 2.45) is 0 Å². The first-order valence-electron chi connectivity index (χ1n) is 11.1. The van der Waals surface area contributed by atoms with Crippen LogP contribution in [0.1, 0.15) is 18.4 Å². The molecule has 0 unspecified atom stereocenters. The van der Waals surface area contributed by atoms with E-state index in [1.165, 1.54) is 5.56 Å². The summed E-state index contributed by atoms with van der Waals surface area (Å²) in [5, 5.41) is 9.93. The predicted molar refractivity (Wildman–Crippen MR) is 128 cm³/mol. The number of aromatic nitrogens is 3. The zero-order valence-electron chi connectivity index (χ0n) is 18.1. The predicted octanol–water partition coefficient (Wildman–Crippen LogP) is 5.14. The van der Waals surface area contributed by atoms with E-state index in [2.05, 4.69) is 47.1 Å². The van der Waals surface area contributed by atoms with Crippen LogP contribution in [0.25, 0.3) is 33.8 Å². The fourth-order valence-electron chi connectivity index (χ4n) is 4.04. The van der Waals surface area contributed by atoms with Crippen LogP contribution in [0.2, 0.25) is 0 Å². The lowest BCUT2D eigenvalue weighted by atomic mass is 10.0. The van der Waals surface area contributed by atoms with Crippen LogP contribution in [-0.2, 0) is 0 Å². The Bertz CT molecular complexity index is 1200. The fraction of sp³-hybridized carbons (Fsp3) is 0.222. The molecule has 2 aromatic heterocycles. The summed E-state index contributed by atoms with van der Waals surface area (Å²) in [7, 11) is 0. The van der Waals surface area contributed by atoms with Crippen molar-refractivity contribution in [1.29, 1.82) is 0 Å². The van der Waals surface area contributed by atoms with E-state index in [0.717, 1.165) is 59.7 Å². The average molecular weight is 423 g/mol. The maximum absolute atomic E-state index is 9.93. The summed E-state index contributed by atoms with van der Waals surface area (Å²) in [6.07, 6.45) is 5.03. The summed E-state index contributed by atoms with van der Waals surface area (Å²) >= 11 is 0. The number of hydrogen-bond acceptors (Lipinski definition) is 5. The Balaban J connectivity index is 1.58. The van der Waals surface area contributed by atoms with Gasteiger partial charge in [-0.3, -0.25) is 4.98 Å². The molecule has 5 rings (SSSR count). The molecular weight excluding hydrogens is 396 g/mol. The molecule has 3 heterocycles. The SMILES string of the molecule is Cc1ccc(-c2cncc(-c3cc(N4CCC(O)CC4)nc(-c4ccccc4)n3)c2)cc1. The van der Waals surface area contributed by atoms with Gasteiger partial charge in [0.15, 0.2) is 5.82 Å². The zero-order valence-corrected chi connectivity index (χ0v) is 18.1. The van der Waals surface area contributed by atoms with Crippen molar-refractivity contribution < 1.29 is 5.11 Å². The van der Waals surface area contributed by atoms with Gasteiger partial charge >= 0.3 is 0 Å². The lowest BCUT2D eigenvalue weighted by molar-refractivity contribution is 0.145. The molecule has 0 amide bonds. The number of pyridine rings is 1. The summed E-state index contributed by atoms with van der Waals surface area (Å²) in [5.74, 6) is 1.59. The Morgan fingerprint density at radius 2 is 1.50 bits per heavy atom. The molecule has 5 heteroatoms. The van der Waals surface area contributed by atoms with Gasteiger partial charge in [0.2, 0.25) is 0 Å². The molecule has 1 aliphatic rings. The van der Waals surface area contributed by atoms with Crippen LogP contribution in [0.5, 0.6) is 0 Å². The smallest absolute Gasteiger partial charge is 0.162 e. The third kappa shape index (κ3) is 4.39. The van der Waals surface area contributed by atoms with E-state index < -0.39 is 0 Å².